The molecule has 0 saturated heterocycles. The number of nitriles is 1. The number of methoxy groups -OCH3 is 2. The summed E-state index contributed by atoms with van der Waals surface area (Å²) in [5, 5.41) is 32.2. The number of nitro benzene ring substituents is 1. The first kappa shape index (κ1) is 23.9. The zero-order valence-corrected chi connectivity index (χ0v) is 18.4. The van der Waals surface area contributed by atoms with Crippen LogP contribution in [-0.2, 0) is 16.0 Å². The van der Waals surface area contributed by atoms with Crippen molar-refractivity contribution < 1.29 is 24.2 Å². The second kappa shape index (κ2) is 9.83. The average Bonchev–Trinajstić information content (AvgIpc) is 2.80. The SMILES string of the molecule is COC(OC)C1(C)Oc2ccc([N+](=O)[O-])cc2C(N(Cc2ccccc2)C(N)=NC#N)C1O. The molecular weight excluding hydrogens is 430 g/mol. The number of ether oxygens (including phenoxy) is 3. The number of nitrogens with zero attached hydrogens (tertiary/aromatic N) is 4. The van der Waals surface area contributed by atoms with Crippen molar-refractivity contribution in [2.75, 3.05) is 14.2 Å². The maximum atomic E-state index is 11.6. The van der Waals surface area contributed by atoms with Gasteiger partial charge in [-0.15, -0.1) is 4.99 Å². The summed E-state index contributed by atoms with van der Waals surface area (Å²) >= 11 is 0. The van der Waals surface area contributed by atoms with Gasteiger partial charge in [0.05, 0.1) is 11.0 Å². The molecule has 1 aliphatic rings. The highest BCUT2D eigenvalue weighted by Crippen LogP contribution is 2.46. The number of guanidine groups is 1. The van der Waals surface area contributed by atoms with Gasteiger partial charge in [-0.05, 0) is 18.6 Å². The fourth-order valence-electron chi connectivity index (χ4n) is 4.06. The van der Waals surface area contributed by atoms with Crippen LogP contribution in [0.3, 0.4) is 0 Å². The number of nitro groups is 1. The summed E-state index contributed by atoms with van der Waals surface area (Å²) in [5.74, 6) is 0.110. The number of hydrogen-bond acceptors (Lipinski definition) is 8. The second-order valence-corrected chi connectivity index (χ2v) is 7.64. The van der Waals surface area contributed by atoms with Crippen LogP contribution in [0, 0.1) is 21.6 Å². The number of non-ortho nitro benzene ring substituents is 1. The molecule has 3 rings (SSSR count). The zero-order valence-electron chi connectivity index (χ0n) is 18.4. The molecule has 0 spiro atoms. The number of rotatable bonds is 7. The normalized spacial score (nSPS) is 22.2. The minimum atomic E-state index is -1.43. The quantitative estimate of drug-likeness (QED) is 0.159. The molecule has 0 saturated carbocycles. The lowest BCUT2D eigenvalue weighted by Crippen LogP contribution is -2.63. The van der Waals surface area contributed by atoms with Crippen molar-refractivity contribution in [2.45, 2.75) is 37.5 Å². The fraction of sp³-hybridized carbons (Fsp3) is 0.364. The molecule has 11 nitrogen and oxygen atoms in total. The minimum absolute atomic E-state index is 0.155. The van der Waals surface area contributed by atoms with Crippen molar-refractivity contribution in [3.8, 4) is 11.9 Å². The van der Waals surface area contributed by atoms with E-state index in [0.29, 0.717) is 5.56 Å². The Kier molecular flexibility index (Phi) is 7.13. The molecule has 3 unspecified atom stereocenters. The van der Waals surface area contributed by atoms with Crippen LogP contribution in [0.25, 0.3) is 0 Å². The number of fused-ring (bicyclic) bond motifs is 1. The Morgan fingerprint density at radius 1 is 1.36 bits per heavy atom. The van der Waals surface area contributed by atoms with Crippen molar-refractivity contribution in [3.63, 3.8) is 0 Å². The summed E-state index contributed by atoms with van der Waals surface area (Å²) in [7, 11) is 2.81. The van der Waals surface area contributed by atoms with Gasteiger partial charge in [0.25, 0.3) is 5.69 Å². The van der Waals surface area contributed by atoms with Gasteiger partial charge >= 0.3 is 0 Å². The molecule has 2 aromatic carbocycles. The van der Waals surface area contributed by atoms with E-state index in [1.54, 1.807) is 13.1 Å². The Labute approximate surface area is 190 Å². The van der Waals surface area contributed by atoms with Gasteiger partial charge < -0.3 is 30.0 Å². The van der Waals surface area contributed by atoms with Crippen LogP contribution in [0.1, 0.15) is 24.1 Å². The van der Waals surface area contributed by atoms with Gasteiger partial charge in [0.1, 0.15) is 11.9 Å². The Bertz CT molecular complexity index is 1070. The standard InChI is InChI=1S/C22H25N5O6/c1-22(20(31-2)32-3)19(28)18(16-11-15(27(29)30)9-10-17(16)33-22)26(21(24)25-13-23)12-14-7-5-4-6-8-14/h4-11,18-20,28H,12H2,1-3H3,(H2,24,25). The number of hydrogen-bond donors (Lipinski definition) is 2. The molecule has 33 heavy (non-hydrogen) atoms. The number of nitrogens with two attached hydrogens (primary N) is 1. The van der Waals surface area contributed by atoms with E-state index in [1.165, 1.54) is 37.3 Å². The molecule has 0 fully saturated rings. The van der Waals surface area contributed by atoms with Crippen LogP contribution < -0.4 is 10.5 Å². The van der Waals surface area contributed by atoms with Gasteiger partial charge in [-0.25, -0.2) is 0 Å². The molecule has 0 bridgehead atoms. The fourth-order valence-corrected chi connectivity index (χ4v) is 4.06. The van der Waals surface area contributed by atoms with E-state index in [0.717, 1.165) is 5.56 Å². The molecule has 0 aromatic heterocycles. The summed E-state index contributed by atoms with van der Waals surface area (Å²) in [6, 6.07) is 12.3. The maximum Gasteiger partial charge on any atom is 0.270 e. The van der Waals surface area contributed by atoms with E-state index in [4.69, 9.17) is 25.2 Å². The smallest absolute Gasteiger partial charge is 0.270 e. The first-order valence-corrected chi connectivity index (χ1v) is 10.0. The molecule has 3 atom stereocenters. The number of aliphatic hydroxyl groups excluding tert-OH is 1. The lowest BCUT2D eigenvalue weighted by Gasteiger charge is -2.49. The van der Waals surface area contributed by atoms with Crippen LogP contribution in [0.15, 0.2) is 53.5 Å². The number of aliphatic hydroxyl groups is 1. The van der Waals surface area contributed by atoms with E-state index >= 15 is 0 Å². The van der Waals surface area contributed by atoms with E-state index in [1.807, 2.05) is 30.3 Å². The molecule has 3 N–H and O–H groups in total. The van der Waals surface area contributed by atoms with E-state index in [2.05, 4.69) is 4.99 Å². The molecule has 0 amide bonds. The monoisotopic (exact) mass is 455 g/mol. The van der Waals surface area contributed by atoms with Gasteiger partial charge in [0, 0.05) is 38.5 Å². The summed E-state index contributed by atoms with van der Waals surface area (Å²) in [6.45, 7) is 1.76. The molecule has 0 radical (unpaired) electrons. The molecular formula is C22H25N5O6. The van der Waals surface area contributed by atoms with Gasteiger partial charge in [0.2, 0.25) is 12.2 Å². The summed E-state index contributed by atoms with van der Waals surface area (Å²) < 4.78 is 16.9. The predicted octanol–water partition coefficient (Wildman–Crippen LogP) is 2.06. The topological polar surface area (TPSA) is 156 Å². The van der Waals surface area contributed by atoms with Crippen LogP contribution in [0.2, 0.25) is 0 Å². The zero-order chi connectivity index (χ0) is 24.2. The van der Waals surface area contributed by atoms with E-state index in [9.17, 15) is 15.2 Å². The third-order valence-corrected chi connectivity index (χ3v) is 5.63. The predicted molar refractivity (Wildman–Crippen MR) is 118 cm³/mol. The molecule has 2 aromatic rings. The molecule has 174 valence electrons. The molecule has 0 aliphatic carbocycles. The first-order chi connectivity index (χ1) is 15.8. The van der Waals surface area contributed by atoms with Crippen LogP contribution >= 0.6 is 0 Å². The molecule has 11 heteroatoms. The van der Waals surface area contributed by atoms with Crippen LogP contribution in [-0.4, -0.2) is 53.1 Å². The largest absolute Gasteiger partial charge is 0.479 e. The third kappa shape index (κ3) is 4.58. The number of aliphatic imine (C=N–C) groups is 1. The van der Waals surface area contributed by atoms with Crippen LogP contribution in [0.5, 0.6) is 5.75 Å². The summed E-state index contributed by atoms with van der Waals surface area (Å²) in [4.78, 5) is 16.1. The minimum Gasteiger partial charge on any atom is -0.479 e. The first-order valence-electron chi connectivity index (χ1n) is 10.0. The van der Waals surface area contributed by atoms with E-state index in [-0.39, 0.29) is 23.9 Å². The maximum absolute atomic E-state index is 11.6. The Balaban J connectivity index is 2.23. The lowest BCUT2D eigenvalue weighted by molar-refractivity contribution is -0.385. The second-order valence-electron chi connectivity index (χ2n) is 7.64. The van der Waals surface area contributed by atoms with Gasteiger partial charge in [-0.1, -0.05) is 30.3 Å². The average molecular weight is 455 g/mol. The Morgan fingerprint density at radius 2 is 2.03 bits per heavy atom. The summed E-state index contributed by atoms with van der Waals surface area (Å²) in [6.07, 6.45) is -0.690. The number of benzene rings is 2. The highest BCUT2D eigenvalue weighted by atomic mass is 16.7. The van der Waals surface area contributed by atoms with E-state index < -0.39 is 29.0 Å². The third-order valence-electron chi connectivity index (χ3n) is 5.63. The van der Waals surface area contributed by atoms with Gasteiger partial charge in [-0.3, -0.25) is 10.1 Å². The summed E-state index contributed by atoms with van der Waals surface area (Å²) in [5.41, 5.74) is 5.66. The van der Waals surface area contributed by atoms with Crippen molar-refractivity contribution in [2.24, 2.45) is 10.7 Å². The van der Waals surface area contributed by atoms with Gasteiger partial charge in [-0.2, -0.15) is 5.26 Å². The highest BCUT2D eigenvalue weighted by molar-refractivity contribution is 5.80. The van der Waals surface area contributed by atoms with Crippen molar-refractivity contribution in [1.29, 1.82) is 5.26 Å². The Hall–Kier alpha value is -3.72. The van der Waals surface area contributed by atoms with Crippen molar-refractivity contribution >= 4 is 11.6 Å². The van der Waals surface area contributed by atoms with Crippen molar-refractivity contribution in [1.82, 2.24) is 4.90 Å². The molecule has 1 heterocycles. The molecule has 1 aliphatic heterocycles. The van der Waals surface area contributed by atoms with Crippen LogP contribution in [0.4, 0.5) is 5.69 Å². The highest BCUT2D eigenvalue weighted by Gasteiger charge is 2.54. The Morgan fingerprint density at radius 3 is 2.61 bits per heavy atom. The van der Waals surface area contributed by atoms with Crippen molar-refractivity contribution in [3.05, 3.63) is 69.8 Å². The van der Waals surface area contributed by atoms with Gasteiger partial charge in [0.15, 0.2) is 11.9 Å². The lowest BCUT2D eigenvalue weighted by atomic mass is 9.83.